The van der Waals surface area contributed by atoms with E-state index in [2.05, 4.69) is 42.2 Å². The van der Waals surface area contributed by atoms with Gasteiger partial charge in [-0.3, -0.25) is 4.79 Å². The Balaban J connectivity index is 0. The highest BCUT2D eigenvalue weighted by atomic mass is 35.5. The van der Waals surface area contributed by atoms with Crippen LogP contribution in [-0.2, 0) is 4.79 Å². The van der Waals surface area contributed by atoms with Crippen LogP contribution >= 0.6 is 11.6 Å². The van der Waals surface area contributed by atoms with Crippen LogP contribution in [-0.4, -0.2) is 43.4 Å². The average molecular weight is 235 g/mol. The van der Waals surface area contributed by atoms with E-state index in [1.807, 2.05) is 0 Å². The number of likely N-dealkylation sites (N-methyl/N-ethyl adjacent to an activating group) is 1. The van der Waals surface area contributed by atoms with Crippen molar-refractivity contribution in [2.24, 2.45) is 0 Å². The number of nitrogens with one attached hydrogen (secondary N) is 1. The molecule has 0 unspecified atom stereocenters. The molecule has 0 saturated carbocycles. The van der Waals surface area contributed by atoms with Crippen molar-refractivity contribution in [2.75, 3.05) is 32.6 Å². The number of hydrogen-bond acceptors (Lipinski definition) is 2. The largest absolute Gasteiger partial charge is 0.351 e. The van der Waals surface area contributed by atoms with Crippen molar-refractivity contribution in [1.29, 1.82) is 0 Å². The monoisotopic (exact) mass is 234 g/mol. The third kappa shape index (κ3) is 9.76. The molecule has 0 rings (SSSR count). The molecular weight excluding hydrogens is 212 g/mol. The second-order valence-electron chi connectivity index (χ2n) is 3.06. The van der Waals surface area contributed by atoms with Crippen LogP contribution in [0.2, 0.25) is 0 Å². The SMILES string of the molecule is C=C(C)C(=O)NCCN(CC)CC.CCl. The van der Waals surface area contributed by atoms with Gasteiger partial charge in [0.15, 0.2) is 0 Å². The number of alkyl halides is 1. The summed E-state index contributed by atoms with van der Waals surface area (Å²) in [7, 11) is 0. The lowest BCUT2D eigenvalue weighted by molar-refractivity contribution is -0.117. The van der Waals surface area contributed by atoms with Crippen molar-refractivity contribution in [2.45, 2.75) is 20.8 Å². The van der Waals surface area contributed by atoms with E-state index < -0.39 is 0 Å². The Bertz CT molecular complexity index is 179. The zero-order chi connectivity index (χ0) is 12.3. The molecule has 3 nitrogen and oxygen atoms in total. The third-order valence-electron chi connectivity index (χ3n) is 2.00. The predicted molar refractivity (Wildman–Crippen MR) is 67.4 cm³/mol. The molecule has 0 aliphatic carbocycles. The topological polar surface area (TPSA) is 32.3 Å². The number of hydrogen-bond donors (Lipinski definition) is 1. The zero-order valence-corrected chi connectivity index (χ0v) is 11.0. The Kier molecular flexibility index (Phi) is 13.0. The number of carbonyl (C=O) groups excluding carboxylic acids is 1. The lowest BCUT2D eigenvalue weighted by Gasteiger charge is -2.17. The van der Waals surface area contributed by atoms with Gasteiger partial charge in [-0.1, -0.05) is 20.4 Å². The summed E-state index contributed by atoms with van der Waals surface area (Å²) in [4.78, 5) is 13.3. The average Bonchev–Trinajstić information content (AvgIpc) is 2.26. The van der Waals surface area contributed by atoms with E-state index in [0.717, 1.165) is 19.6 Å². The molecule has 0 aromatic rings. The van der Waals surface area contributed by atoms with Crippen molar-refractivity contribution >= 4 is 17.5 Å². The van der Waals surface area contributed by atoms with Gasteiger partial charge in [-0.2, -0.15) is 0 Å². The summed E-state index contributed by atoms with van der Waals surface area (Å²) >= 11 is 4.64. The standard InChI is InChI=1S/C10H20N2O.CH3Cl/c1-5-12(6-2)8-7-11-10(13)9(3)4;1-2/h3,5-8H2,1-2,4H3,(H,11,13);1H3. The number of amides is 1. The van der Waals surface area contributed by atoms with Gasteiger partial charge in [0, 0.05) is 25.0 Å². The van der Waals surface area contributed by atoms with Crippen LogP contribution in [0.25, 0.3) is 0 Å². The van der Waals surface area contributed by atoms with Crippen LogP contribution in [0.3, 0.4) is 0 Å². The maximum absolute atomic E-state index is 11.1. The van der Waals surface area contributed by atoms with Gasteiger partial charge in [-0.05, 0) is 20.0 Å². The molecule has 0 atom stereocenters. The fourth-order valence-electron chi connectivity index (χ4n) is 1.02. The lowest BCUT2D eigenvalue weighted by atomic mass is 10.3. The minimum absolute atomic E-state index is 0.0489. The molecular formula is C11H23ClN2O. The molecule has 0 radical (unpaired) electrons. The Hall–Kier alpha value is -0.540. The molecule has 0 bridgehead atoms. The van der Waals surface area contributed by atoms with Crippen LogP contribution < -0.4 is 5.32 Å². The van der Waals surface area contributed by atoms with Crippen molar-refractivity contribution in [1.82, 2.24) is 10.2 Å². The van der Waals surface area contributed by atoms with Gasteiger partial charge in [-0.25, -0.2) is 0 Å². The Morgan fingerprint density at radius 1 is 1.33 bits per heavy atom. The van der Waals surface area contributed by atoms with Crippen LogP contribution in [0.15, 0.2) is 12.2 Å². The maximum Gasteiger partial charge on any atom is 0.246 e. The van der Waals surface area contributed by atoms with Crippen LogP contribution in [0.1, 0.15) is 20.8 Å². The third-order valence-corrected chi connectivity index (χ3v) is 2.00. The number of halogens is 1. The first-order valence-corrected chi connectivity index (χ1v) is 5.91. The smallest absolute Gasteiger partial charge is 0.246 e. The molecule has 4 heteroatoms. The number of carbonyl (C=O) groups is 1. The summed E-state index contributed by atoms with van der Waals surface area (Å²) < 4.78 is 0. The van der Waals surface area contributed by atoms with E-state index in [9.17, 15) is 4.79 Å². The van der Waals surface area contributed by atoms with Crippen LogP contribution in [0.4, 0.5) is 0 Å². The number of rotatable bonds is 6. The summed E-state index contributed by atoms with van der Waals surface area (Å²) in [6, 6.07) is 0. The van der Waals surface area contributed by atoms with E-state index in [-0.39, 0.29) is 5.91 Å². The molecule has 1 amide bonds. The van der Waals surface area contributed by atoms with E-state index in [0.29, 0.717) is 12.1 Å². The fraction of sp³-hybridized carbons (Fsp3) is 0.727. The van der Waals surface area contributed by atoms with Gasteiger partial charge < -0.3 is 10.2 Å². The molecule has 0 aliphatic heterocycles. The molecule has 1 N–H and O–H groups in total. The minimum atomic E-state index is -0.0489. The maximum atomic E-state index is 11.1. The van der Waals surface area contributed by atoms with Gasteiger partial charge in [-0.15, -0.1) is 11.6 Å². The van der Waals surface area contributed by atoms with Crippen LogP contribution in [0, 0.1) is 0 Å². The molecule has 0 fully saturated rings. The molecule has 0 aromatic carbocycles. The fourth-order valence-corrected chi connectivity index (χ4v) is 1.02. The second-order valence-corrected chi connectivity index (χ2v) is 3.06. The summed E-state index contributed by atoms with van der Waals surface area (Å²) in [5.74, 6) is -0.0489. The van der Waals surface area contributed by atoms with Gasteiger partial charge in [0.2, 0.25) is 5.91 Å². The molecule has 0 saturated heterocycles. The first kappa shape index (κ1) is 16.9. The molecule has 0 aliphatic rings. The summed E-state index contributed by atoms with van der Waals surface area (Å²) in [6.07, 6.45) is 1.47. The zero-order valence-electron chi connectivity index (χ0n) is 10.3. The van der Waals surface area contributed by atoms with Gasteiger partial charge in [0.25, 0.3) is 0 Å². The first-order chi connectivity index (χ1) is 7.11. The van der Waals surface area contributed by atoms with Gasteiger partial charge in [0.1, 0.15) is 0 Å². The highest BCUT2D eigenvalue weighted by Crippen LogP contribution is 1.87. The molecule has 15 heavy (non-hydrogen) atoms. The van der Waals surface area contributed by atoms with E-state index in [4.69, 9.17) is 0 Å². The summed E-state index contributed by atoms with van der Waals surface area (Å²) in [6.45, 7) is 13.2. The highest BCUT2D eigenvalue weighted by molar-refractivity contribution is 6.15. The Morgan fingerprint density at radius 3 is 2.13 bits per heavy atom. The minimum Gasteiger partial charge on any atom is -0.351 e. The van der Waals surface area contributed by atoms with Crippen molar-refractivity contribution < 1.29 is 4.79 Å². The van der Waals surface area contributed by atoms with E-state index in [1.54, 1.807) is 6.92 Å². The van der Waals surface area contributed by atoms with E-state index in [1.165, 1.54) is 6.38 Å². The second kappa shape index (κ2) is 11.5. The molecule has 0 aromatic heterocycles. The lowest BCUT2D eigenvalue weighted by Crippen LogP contribution is -2.34. The van der Waals surface area contributed by atoms with E-state index >= 15 is 0 Å². The summed E-state index contributed by atoms with van der Waals surface area (Å²) in [5, 5.41) is 2.80. The number of nitrogens with zero attached hydrogens (tertiary/aromatic N) is 1. The van der Waals surface area contributed by atoms with Crippen molar-refractivity contribution in [3.8, 4) is 0 Å². The first-order valence-electron chi connectivity index (χ1n) is 5.15. The van der Waals surface area contributed by atoms with Crippen molar-refractivity contribution in [3.05, 3.63) is 12.2 Å². The molecule has 0 spiro atoms. The van der Waals surface area contributed by atoms with Gasteiger partial charge >= 0.3 is 0 Å². The molecule has 90 valence electrons. The van der Waals surface area contributed by atoms with Gasteiger partial charge in [0.05, 0.1) is 0 Å². The van der Waals surface area contributed by atoms with Crippen LogP contribution in [0.5, 0.6) is 0 Å². The predicted octanol–water partition coefficient (Wildman–Crippen LogP) is 1.88. The summed E-state index contributed by atoms with van der Waals surface area (Å²) in [5.41, 5.74) is 0.569. The quantitative estimate of drug-likeness (QED) is 0.562. The Morgan fingerprint density at radius 2 is 1.80 bits per heavy atom. The van der Waals surface area contributed by atoms with Crippen molar-refractivity contribution in [3.63, 3.8) is 0 Å². The molecule has 0 heterocycles. The normalized spacial score (nSPS) is 9.20. The highest BCUT2D eigenvalue weighted by Gasteiger charge is 2.01. The Labute approximate surface area is 98.5 Å².